The highest BCUT2D eigenvalue weighted by atomic mass is 16.3. The van der Waals surface area contributed by atoms with Crippen molar-refractivity contribution in [3.8, 4) is 0 Å². The van der Waals surface area contributed by atoms with Crippen LogP contribution < -0.4 is 5.32 Å². The molecule has 3 atom stereocenters. The summed E-state index contributed by atoms with van der Waals surface area (Å²) < 4.78 is 0. The SMILES string of the molecule is CC1CC(C)CN(CCCCNC(C)c2cccc(CO)c2)C1. The van der Waals surface area contributed by atoms with Crippen LogP contribution in [0.2, 0.25) is 0 Å². The largest absolute Gasteiger partial charge is 0.392 e. The lowest BCUT2D eigenvalue weighted by Gasteiger charge is -2.35. The van der Waals surface area contributed by atoms with Gasteiger partial charge in [0.2, 0.25) is 0 Å². The summed E-state index contributed by atoms with van der Waals surface area (Å²) in [5, 5.41) is 12.8. The Kier molecular flexibility index (Phi) is 7.54. The Morgan fingerprint density at radius 2 is 1.96 bits per heavy atom. The fourth-order valence-corrected chi connectivity index (χ4v) is 3.83. The number of piperidine rings is 1. The van der Waals surface area contributed by atoms with E-state index < -0.39 is 0 Å². The summed E-state index contributed by atoms with van der Waals surface area (Å²) in [4.78, 5) is 2.65. The number of hydrogen-bond donors (Lipinski definition) is 2. The second-order valence-electron chi connectivity index (χ2n) is 7.49. The van der Waals surface area contributed by atoms with Gasteiger partial charge in [0.05, 0.1) is 6.61 Å². The van der Waals surface area contributed by atoms with Crippen molar-refractivity contribution in [3.63, 3.8) is 0 Å². The number of nitrogens with one attached hydrogen (secondary N) is 1. The van der Waals surface area contributed by atoms with Crippen LogP contribution in [0.4, 0.5) is 0 Å². The minimum atomic E-state index is 0.118. The van der Waals surface area contributed by atoms with Crippen LogP contribution in [0.15, 0.2) is 24.3 Å². The lowest BCUT2D eigenvalue weighted by molar-refractivity contribution is 0.139. The third kappa shape index (κ3) is 6.25. The first-order chi connectivity index (χ1) is 11.1. The fraction of sp³-hybridized carbons (Fsp3) is 0.700. The minimum Gasteiger partial charge on any atom is -0.392 e. The van der Waals surface area contributed by atoms with E-state index >= 15 is 0 Å². The van der Waals surface area contributed by atoms with Crippen molar-refractivity contribution in [1.29, 1.82) is 0 Å². The van der Waals surface area contributed by atoms with Crippen molar-refractivity contribution in [2.24, 2.45) is 11.8 Å². The van der Waals surface area contributed by atoms with Gasteiger partial charge in [0.15, 0.2) is 0 Å². The van der Waals surface area contributed by atoms with Crippen molar-refractivity contribution in [2.75, 3.05) is 26.2 Å². The van der Waals surface area contributed by atoms with Gasteiger partial charge in [-0.05, 0) is 62.2 Å². The standard InChI is InChI=1S/C20H34N2O/c1-16-11-17(2)14-22(13-16)10-5-4-9-21-18(3)20-8-6-7-19(12-20)15-23/h6-8,12,16-18,21,23H,4-5,9-11,13-15H2,1-3H3. The van der Waals surface area contributed by atoms with Gasteiger partial charge in [0, 0.05) is 19.1 Å². The van der Waals surface area contributed by atoms with Gasteiger partial charge in [0.1, 0.15) is 0 Å². The lowest BCUT2D eigenvalue weighted by Crippen LogP contribution is -2.39. The molecule has 3 unspecified atom stereocenters. The van der Waals surface area contributed by atoms with Gasteiger partial charge >= 0.3 is 0 Å². The molecule has 1 aromatic carbocycles. The molecular weight excluding hydrogens is 284 g/mol. The van der Waals surface area contributed by atoms with Gasteiger partial charge < -0.3 is 15.3 Å². The Hall–Kier alpha value is -0.900. The first-order valence-electron chi connectivity index (χ1n) is 9.24. The van der Waals surface area contributed by atoms with Crippen molar-refractivity contribution in [1.82, 2.24) is 10.2 Å². The summed E-state index contributed by atoms with van der Waals surface area (Å²) in [5.41, 5.74) is 2.25. The monoisotopic (exact) mass is 318 g/mol. The second-order valence-corrected chi connectivity index (χ2v) is 7.49. The number of nitrogens with zero attached hydrogens (tertiary/aromatic N) is 1. The molecule has 3 heteroatoms. The van der Waals surface area contributed by atoms with Gasteiger partial charge in [-0.1, -0.05) is 38.1 Å². The maximum Gasteiger partial charge on any atom is 0.0681 e. The van der Waals surface area contributed by atoms with Gasteiger partial charge in [-0.15, -0.1) is 0 Å². The Labute approximate surface area is 142 Å². The molecule has 3 nitrogen and oxygen atoms in total. The summed E-state index contributed by atoms with van der Waals surface area (Å²) in [6, 6.07) is 8.56. The van der Waals surface area contributed by atoms with Crippen molar-refractivity contribution < 1.29 is 5.11 Å². The molecule has 0 saturated carbocycles. The molecule has 0 spiro atoms. The zero-order valence-corrected chi connectivity index (χ0v) is 15.1. The van der Waals surface area contributed by atoms with E-state index in [4.69, 9.17) is 0 Å². The fourth-order valence-electron chi connectivity index (χ4n) is 3.83. The summed E-state index contributed by atoms with van der Waals surface area (Å²) in [5.74, 6) is 1.71. The molecule has 1 aliphatic heterocycles. The molecule has 1 aliphatic rings. The van der Waals surface area contributed by atoms with Crippen LogP contribution in [-0.2, 0) is 6.61 Å². The number of unbranched alkanes of at least 4 members (excludes halogenated alkanes) is 1. The molecule has 23 heavy (non-hydrogen) atoms. The van der Waals surface area contributed by atoms with E-state index in [1.54, 1.807) is 0 Å². The summed E-state index contributed by atoms with van der Waals surface area (Å²) in [6.07, 6.45) is 3.89. The first-order valence-corrected chi connectivity index (χ1v) is 9.24. The molecule has 1 heterocycles. The summed E-state index contributed by atoms with van der Waals surface area (Å²) >= 11 is 0. The number of aliphatic hydroxyl groups excluding tert-OH is 1. The van der Waals surface area contributed by atoms with Crippen LogP contribution in [0, 0.1) is 11.8 Å². The third-order valence-electron chi connectivity index (χ3n) is 4.93. The molecule has 0 radical (unpaired) electrons. The summed E-state index contributed by atoms with van der Waals surface area (Å²) in [7, 11) is 0. The quantitative estimate of drug-likeness (QED) is 0.719. The van der Waals surface area contributed by atoms with E-state index in [0.717, 1.165) is 23.9 Å². The van der Waals surface area contributed by atoms with Crippen LogP contribution in [0.25, 0.3) is 0 Å². The van der Waals surface area contributed by atoms with Crippen LogP contribution in [0.3, 0.4) is 0 Å². The maximum absolute atomic E-state index is 9.23. The Bertz CT molecular complexity index is 453. The molecule has 2 rings (SSSR count). The lowest BCUT2D eigenvalue weighted by atomic mass is 9.92. The van der Waals surface area contributed by atoms with E-state index in [1.165, 1.54) is 44.5 Å². The predicted molar refractivity (Wildman–Crippen MR) is 97.4 cm³/mol. The average Bonchev–Trinajstić information content (AvgIpc) is 2.53. The maximum atomic E-state index is 9.23. The molecule has 0 aliphatic carbocycles. The highest BCUT2D eigenvalue weighted by Crippen LogP contribution is 2.21. The molecule has 0 bridgehead atoms. The van der Waals surface area contributed by atoms with Crippen molar-refractivity contribution in [3.05, 3.63) is 35.4 Å². The van der Waals surface area contributed by atoms with Crippen LogP contribution in [0.5, 0.6) is 0 Å². The average molecular weight is 319 g/mol. The van der Waals surface area contributed by atoms with E-state index in [2.05, 4.69) is 43.1 Å². The zero-order chi connectivity index (χ0) is 16.7. The van der Waals surface area contributed by atoms with Crippen LogP contribution in [0.1, 0.15) is 57.2 Å². The van der Waals surface area contributed by atoms with E-state index in [0.29, 0.717) is 6.04 Å². The highest BCUT2D eigenvalue weighted by molar-refractivity contribution is 5.25. The smallest absolute Gasteiger partial charge is 0.0681 e. The van der Waals surface area contributed by atoms with E-state index in [-0.39, 0.29) is 6.61 Å². The number of benzene rings is 1. The van der Waals surface area contributed by atoms with Gasteiger partial charge in [-0.2, -0.15) is 0 Å². The van der Waals surface area contributed by atoms with Gasteiger partial charge in [-0.3, -0.25) is 0 Å². The number of aliphatic hydroxyl groups is 1. The zero-order valence-electron chi connectivity index (χ0n) is 15.1. The normalized spacial score (nSPS) is 23.8. The molecule has 0 amide bonds. The highest BCUT2D eigenvalue weighted by Gasteiger charge is 2.20. The molecule has 2 N–H and O–H groups in total. The van der Waals surface area contributed by atoms with Gasteiger partial charge in [-0.25, -0.2) is 0 Å². The Morgan fingerprint density at radius 1 is 1.22 bits per heavy atom. The Morgan fingerprint density at radius 3 is 2.65 bits per heavy atom. The molecule has 0 aromatic heterocycles. The van der Waals surface area contributed by atoms with Crippen molar-refractivity contribution >= 4 is 0 Å². The molecule has 130 valence electrons. The Balaban J connectivity index is 1.63. The second kappa shape index (κ2) is 9.41. The predicted octanol–water partition coefficient (Wildman–Crippen LogP) is 3.59. The minimum absolute atomic E-state index is 0.118. The van der Waals surface area contributed by atoms with Crippen LogP contribution in [-0.4, -0.2) is 36.2 Å². The molecular formula is C20H34N2O. The van der Waals surface area contributed by atoms with E-state index in [1.807, 2.05) is 12.1 Å². The first kappa shape index (κ1) is 18.4. The summed E-state index contributed by atoms with van der Waals surface area (Å²) in [6.45, 7) is 11.9. The van der Waals surface area contributed by atoms with E-state index in [9.17, 15) is 5.11 Å². The topological polar surface area (TPSA) is 35.5 Å². The number of rotatable bonds is 8. The molecule has 1 saturated heterocycles. The number of likely N-dealkylation sites (tertiary alicyclic amines) is 1. The molecule has 1 aromatic rings. The van der Waals surface area contributed by atoms with Crippen LogP contribution >= 0.6 is 0 Å². The number of hydrogen-bond acceptors (Lipinski definition) is 3. The third-order valence-corrected chi connectivity index (χ3v) is 4.93. The molecule has 1 fully saturated rings. The van der Waals surface area contributed by atoms with Gasteiger partial charge in [0.25, 0.3) is 0 Å². The van der Waals surface area contributed by atoms with Crippen molar-refractivity contribution in [2.45, 2.75) is 52.7 Å².